The van der Waals surface area contributed by atoms with E-state index < -0.39 is 35.4 Å². The average Bonchev–Trinajstić information content (AvgIpc) is 3.07. The number of carboxylic acids is 1. The van der Waals surface area contributed by atoms with E-state index >= 15 is 0 Å². The molecule has 1 aliphatic carbocycles. The van der Waals surface area contributed by atoms with Gasteiger partial charge in [0.15, 0.2) is 0 Å². The molecule has 5 rings (SSSR count). The van der Waals surface area contributed by atoms with Gasteiger partial charge in [0.25, 0.3) is 5.91 Å². The molecule has 4 aromatic carbocycles. The summed E-state index contributed by atoms with van der Waals surface area (Å²) in [6.45, 7) is -0.00343. The van der Waals surface area contributed by atoms with E-state index in [1.54, 1.807) is 60.7 Å². The normalized spacial score (nSPS) is 14.3. The van der Waals surface area contributed by atoms with Crippen LogP contribution in [0.5, 0.6) is 0 Å². The zero-order valence-corrected chi connectivity index (χ0v) is 25.9. The van der Waals surface area contributed by atoms with Crippen molar-refractivity contribution in [3.8, 4) is 11.1 Å². The monoisotopic (exact) mass is 642 g/mol. The molecule has 0 spiro atoms. The summed E-state index contributed by atoms with van der Waals surface area (Å²) < 4.78 is 41.8. The largest absolute Gasteiger partial charge is 0.481 e. The van der Waals surface area contributed by atoms with Gasteiger partial charge in [-0.2, -0.15) is 13.2 Å². The number of rotatable bonds is 11. The molecule has 0 aliphatic heterocycles. The number of aliphatic carboxylic acids is 1. The maximum absolute atomic E-state index is 14.0. The number of nitrogens with one attached hydrogen (secondary N) is 2. The quantitative estimate of drug-likeness (QED) is 0.153. The Kier molecular flexibility index (Phi) is 10.8. The van der Waals surface area contributed by atoms with Crippen molar-refractivity contribution in [2.45, 2.75) is 63.0 Å². The van der Waals surface area contributed by atoms with Crippen LogP contribution in [0.4, 0.5) is 18.9 Å². The number of carbonyl (C=O) groups is 3. The Balaban J connectivity index is 1.42. The molecule has 47 heavy (non-hydrogen) atoms. The van der Waals surface area contributed by atoms with Crippen LogP contribution in [-0.4, -0.2) is 29.4 Å². The van der Waals surface area contributed by atoms with Crippen molar-refractivity contribution >= 4 is 23.5 Å². The number of halogens is 3. The van der Waals surface area contributed by atoms with Crippen LogP contribution in [0.25, 0.3) is 11.1 Å². The zero-order valence-electron chi connectivity index (χ0n) is 25.9. The Labute approximate surface area is 272 Å². The van der Waals surface area contributed by atoms with Gasteiger partial charge in [-0.1, -0.05) is 86.0 Å². The van der Waals surface area contributed by atoms with Gasteiger partial charge in [-0.25, -0.2) is 0 Å². The summed E-state index contributed by atoms with van der Waals surface area (Å²) in [5.74, 6) is -2.15. The molecule has 0 saturated heterocycles. The third-order valence-electron chi connectivity index (χ3n) is 8.65. The molecule has 2 amide bonds. The van der Waals surface area contributed by atoms with E-state index in [1.165, 1.54) is 24.8 Å². The Hall–Kier alpha value is -4.92. The Morgan fingerprint density at radius 2 is 1.49 bits per heavy atom. The topological polar surface area (TPSA) is 95.5 Å². The summed E-state index contributed by atoms with van der Waals surface area (Å²) in [5.41, 5.74) is 3.15. The number of amides is 2. The molecule has 1 atom stereocenters. The Bertz CT molecular complexity index is 1680. The first kappa shape index (κ1) is 33.4. The molecule has 1 fully saturated rings. The molecule has 9 heteroatoms. The van der Waals surface area contributed by atoms with E-state index in [-0.39, 0.29) is 25.1 Å². The van der Waals surface area contributed by atoms with Gasteiger partial charge in [-0.15, -0.1) is 0 Å². The van der Waals surface area contributed by atoms with Gasteiger partial charge < -0.3 is 15.7 Å². The highest BCUT2D eigenvalue weighted by atomic mass is 19.4. The van der Waals surface area contributed by atoms with Gasteiger partial charge in [0.2, 0.25) is 5.91 Å². The van der Waals surface area contributed by atoms with Crippen molar-refractivity contribution in [1.82, 2.24) is 5.32 Å². The maximum atomic E-state index is 14.0. The summed E-state index contributed by atoms with van der Waals surface area (Å²) >= 11 is 0. The summed E-state index contributed by atoms with van der Waals surface area (Å²) in [5, 5.41) is 14.1. The van der Waals surface area contributed by atoms with Crippen LogP contribution in [0.3, 0.4) is 0 Å². The number of hydrogen-bond acceptors (Lipinski definition) is 3. The van der Waals surface area contributed by atoms with Crippen LogP contribution in [0, 0.1) is 0 Å². The number of carboxylic acid groups (broad SMARTS) is 1. The van der Waals surface area contributed by atoms with Gasteiger partial charge in [0, 0.05) is 17.8 Å². The number of anilines is 1. The molecule has 6 nitrogen and oxygen atoms in total. The molecular weight excluding hydrogens is 605 g/mol. The second-order valence-corrected chi connectivity index (χ2v) is 12.0. The van der Waals surface area contributed by atoms with Crippen molar-refractivity contribution in [2.75, 3.05) is 11.9 Å². The lowest BCUT2D eigenvalue weighted by Crippen LogP contribution is -2.26. The number of hydrogen-bond donors (Lipinski definition) is 3. The summed E-state index contributed by atoms with van der Waals surface area (Å²) in [7, 11) is 0. The lowest BCUT2D eigenvalue weighted by molar-refractivity contribution is -0.138. The van der Waals surface area contributed by atoms with Crippen molar-refractivity contribution in [3.63, 3.8) is 0 Å². The smallest absolute Gasteiger partial charge is 0.416 e. The molecule has 4 aromatic rings. The molecule has 244 valence electrons. The number of alkyl halides is 3. The summed E-state index contributed by atoms with van der Waals surface area (Å²) in [4.78, 5) is 37.2. The average molecular weight is 643 g/mol. The van der Waals surface area contributed by atoms with Gasteiger partial charge in [0.05, 0.1) is 17.9 Å². The van der Waals surface area contributed by atoms with Gasteiger partial charge in [-0.05, 0) is 83.3 Å². The number of carbonyl (C=O) groups excluding carboxylic acids is 2. The SMILES string of the molecule is O=C(O)CCNC(=O)c1ccc(CC(C(=O)Nc2cc(-c3ccccc3)cc(C(F)(F)F)c2)c2ccc(C3CCCCC3)cc2)cc1. The zero-order chi connectivity index (χ0) is 33.4. The van der Waals surface area contributed by atoms with Gasteiger partial charge >= 0.3 is 12.1 Å². The van der Waals surface area contributed by atoms with E-state index in [1.807, 2.05) is 24.3 Å². The fraction of sp³-hybridized carbons (Fsp3) is 0.289. The molecule has 0 aromatic heterocycles. The van der Waals surface area contributed by atoms with Crippen LogP contribution < -0.4 is 10.6 Å². The lowest BCUT2D eigenvalue weighted by atomic mass is 9.83. The van der Waals surface area contributed by atoms with Gasteiger partial charge in [-0.3, -0.25) is 14.4 Å². The third kappa shape index (κ3) is 9.09. The second kappa shape index (κ2) is 15.1. The summed E-state index contributed by atoms with van der Waals surface area (Å²) in [6.07, 6.45) is 1.29. The molecule has 0 heterocycles. The molecule has 1 aliphatic rings. The Morgan fingerprint density at radius 1 is 0.809 bits per heavy atom. The van der Waals surface area contributed by atoms with Crippen molar-refractivity contribution < 1.29 is 32.7 Å². The van der Waals surface area contributed by atoms with E-state index in [0.717, 1.165) is 36.1 Å². The van der Waals surface area contributed by atoms with Crippen LogP contribution in [0.1, 0.15) is 83.0 Å². The van der Waals surface area contributed by atoms with Crippen LogP contribution >= 0.6 is 0 Å². The highest BCUT2D eigenvalue weighted by molar-refractivity contribution is 5.97. The fourth-order valence-corrected chi connectivity index (χ4v) is 6.10. The highest BCUT2D eigenvalue weighted by Gasteiger charge is 2.32. The van der Waals surface area contributed by atoms with E-state index in [0.29, 0.717) is 22.6 Å². The highest BCUT2D eigenvalue weighted by Crippen LogP contribution is 2.36. The lowest BCUT2D eigenvalue weighted by Gasteiger charge is -2.23. The second-order valence-electron chi connectivity index (χ2n) is 12.0. The fourth-order valence-electron chi connectivity index (χ4n) is 6.10. The Morgan fingerprint density at radius 3 is 2.13 bits per heavy atom. The predicted octanol–water partition coefficient (Wildman–Crippen LogP) is 8.59. The van der Waals surface area contributed by atoms with Crippen molar-refractivity contribution in [1.29, 1.82) is 0 Å². The van der Waals surface area contributed by atoms with Crippen molar-refractivity contribution in [2.24, 2.45) is 0 Å². The van der Waals surface area contributed by atoms with Crippen LogP contribution in [0.15, 0.2) is 97.1 Å². The minimum absolute atomic E-state index is 0.00343. The molecule has 0 bridgehead atoms. The molecule has 0 radical (unpaired) electrons. The van der Waals surface area contributed by atoms with Crippen LogP contribution in [0.2, 0.25) is 0 Å². The minimum atomic E-state index is -4.61. The molecule has 1 unspecified atom stereocenters. The van der Waals surface area contributed by atoms with Gasteiger partial charge in [0.1, 0.15) is 0 Å². The first-order valence-electron chi connectivity index (χ1n) is 15.8. The molecule has 1 saturated carbocycles. The van der Waals surface area contributed by atoms with E-state index in [4.69, 9.17) is 5.11 Å². The molecular formula is C38H37F3N2O4. The minimum Gasteiger partial charge on any atom is -0.481 e. The predicted molar refractivity (Wildman–Crippen MR) is 175 cm³/mol. The maximum Gasteiger partial charge on any atom is 0.416 e. The summed E-state index contributed by atoms with van der Waals surface area (Å²) in [6, 6.07) is 26.9. The van der Waals surface area contributed by atoms with E-state index in [9.17, 15) is 27.6 Å². The third-order valence-corrected chi connectivity index (χ3v) is 8.65. The van der Waals surface area contributed by atoms with E-state index in [2.05, 4.69) is 10.6 Å². The molecule has 3 N–H and O–H groups in total. The first-order valence-corrected chi connectivity index (χ1v) is 15.8. The number of benzene rings is 4. The van der Waals surface area contributed by atoms with Crippen molar-refractivity contribution in [3.05, 3.63) is 125 Å². The van der Waals surface area contributed by atoms with Crippen LogP contribution in [-0.2, 0) is 22.2 Å². The first-order chi connectivity index (χ1) is 22.6. The standard InChI is InChI=1S/C38H37F3N2O4/c39-38(40,41)32-22-31(27-9-5-2-6-10-27)23-33(24-32)43-37(47)34(29-17-15-28(16-18-29)26-7-3-1-4-8-26)21-25-11-13-30(14-12-25)36(46)42-20-19-35(44)45/h2,5-6,9-18,22-24,26,34H,1,3-4,7-8,19-21H2,(H,42,46)(H,43,47)(H,44,45).